The van der Waals surface area contributed by atoms with Crippen LogP contribution >= 0.6 is 0 Å². The van der Waals surface area contributed by atoms with Crippen molar-refractivity contribution in [2.45, 2.75) is 65.5 Å². The lowest BCUT2D eigenvalue weighted by atomic mass is 10.0. The van der Waals surface area contributed by atoms with Crippen molar-refractivity contribution in [1.82, 2.24) is 5.32 Å². The first-order valence-corrected chi connectivity index (χ1v) is 8.76. The van der Waals surface area contributed by atoms with Crippen molar-refractivity contribution in [2.24, 2.45) is 5.92 Å². The number of nitrogens with one attached hydrogen (secondary N) is 1. The van der Waals surface area contributed by atoms with Crippen LogP contribution in [-0.4, -0.2) is 19.1 Å². The van der Waals surface area contributed by atoms with Gasteiger partial charge >= 0.3 is 0 Å². The topological polar surface area (TPSA) is 15.3 Å². The highest BCUT2D eigenvalue weighted by Crippen LogP contribution is 2.36. The molecule has 1 aliphatic carbocycles. The maximum atomic E-state index is 3.72. The Labute approximate surface area is 130 Å². The van der Waals surface area contributed by atoms with E-state index in [1.165, 1.54) is 37.1 Å². The first-order chi connectivity index (χ1) is 10.2. The molecule has 1 unspecified atom stereocenters. The minimum absolute atomic E-state index is 0.481. The second-order valence-corrected chi connectivity index (χ2v) is 6.75. The molecule has 21 heavy (non-hydrogen) atoms. The van der Waals surface area contributed by atoms with Crippen molar-refractivity contribution in [3.05, 3.63) is 29.8 Å². The second kappa shape index (κ2) is 7.84. The normalized spacial score (nSPS) is 16.2. The highest BCUT2D eigenvalue weighted by atomic mass is 15.2. The smallest absolute Gasteiger partial charge is 0.0417 e. The molecule has 0 amide bonds. The monoisotopic (exact) mass is 288 g/mol. The van der Waals surface area contributed by atoms with Crippen molar-refractivity contribution in [3.63, 3.8) is 0 Å². The van der Waals surface area contributed by atoms with Gasteiger partial charge in [-0.25, -0.2) is 0 Å². The van der Waals surface area contributed by atoms with Crippen molar-refractivity contribution >= 4 is 5.69 Å². The van der Waals surface area contributed by atoms with Crippen molar-refractivity contribution in [1.29, 1.82) is 0 Å². The van der Waals surface area contributed by atoms with Crippen molar-refractivity contribution in [3.8, 4) is 0 Å². The van der Waals surface area contributed by atoms with Gasteiger partial charge in [-0.3, -0.25) is 0 Å². The van der Waals surface area contributed by atoms with Crippen LogP contribution in [0.25, 0.3) is 0 Å². The molecule has 0 bridgehead atoms. The molecule has 1 fully saturated rings. The molecule has 2 heteroatoms. The molecule has 0 aliphatic heterocycles. The number of hydrogen-bond donors (Lipinski definition) is 1. The zero-order valence-electron chi connectivity index (χ0n) is 14.2. The predicted octanol–water partition coefficient (Wildman–Crippen LogP) is 4.76. The summed E-state index contributed by atoms with van der Waals surface area (Å²) in [5.41, 5.74) is 2.95. The van der Waals surface area contributed by atoms with E-state index in [0.717, 1.165) is 19.0 Å². The van der Waals surface area contributed by atoms with Gasteiger partial charge < -0.3 is 10.2 Å². The minimum atomic E-state index is 0.481. The molecule has 2 nitrogen and oxygen atoms in total. The molecule has 1 aromatic carbocycles. The Morgan fingerprint density at radius 2 is 1.90 bits per heavy atom. The molecule has 0 spiro atoms. The first-order valence-electron chi connectivity index (χ1n) is 8.76. The van der Waals surface area contributed by atoms with Gasteiger partial charge in [-0.2, -0.15) is 0 Å². The van der Waals surface area contributed by atoms with E-state index in [2.05, 4.69) is 62.2 Å². The van der Waals surface area contributed by atoms with E-state index in [9.17, 15) is 0 Å². The number of hydrogen-bond acceptors (Lipinski definition) is 2. The Balaban J connectivity index is 2.24. The van der Waals surface area contributed by atoms with Crippen LogP contribution in [0.2, 0.25) is 0 Å². The maximum Gasteiger partial charge on any atom is 0.0417 e. The predicted molar refractivity (Wildman–Crippen MR) is 93.0 cm³/mol. The molecule has 1 aliphatic rings. The largest absolute Gasteiger partial charge is 0.368 e. The fourth-order valence-electron chi connectivity index (χ4n) is 3.06. The molecule has 1 atom stereocenters. The number of benzene rings is 1. The van der Waals surface area contributed by atoms with Crippen LogP contribution in [0.3, 0.4) is 0 Å². The quantitative estimate of drug-likeness (QED) is 0.704. The van der Waals surface area contributed by atoms with Gasteiger partial charge in [-0.05, 0) is 49.8 Å². The summed E-state index contributed by atoms with van der Waals surface area (Å²) in [5, 5.41) is 3.72. The zero-order valence-corrected chi connectivity index (χ0v) is 14.2. The number of para-hydroxylation sites is 1. The van der Waals surface area contributed by atoms with Crippen LogP contribution in [-0.2, 0) is 0 Å². The van der Waals surface area contributed by atoms with E-state index in [4.69, 9.17) is 0 Å². The van der Waals surface area contributed by atoms with Gasteiger partial charge in [0.15, 0.2) is 0 Å². The van der Waals surface area contributed by atoms with Crippen molar-refractivity contribution in [2.75, 3.05) is 18.0 Å². The summed E-state index contributed by atoms with van der Waals surface area (Å²) in [6.07, 6.45) is 5.06. The van der Waals surface area contributed by atoms with Gasteiger partial charge in [0.05, 0.1) is 0 Å². The van der Waals surface area contributed by atoms with Crippen LogP contribution in [0.15, 0.2) is 24.3 Å². The summed E-state index contributed by atoms with van der Waals surface area (Å²) in [7, 11) is 0. The summed E-state index contributed by atoms with van der Waals surface area (Å²) in [6.45, 7) is 11.4. The molecule has 0 saturated heterocycles. The van der Waals surface area contributed by atoms with Gasteiger partial charge in [-0.15, -0.1) is 0 Å². The first kappa shape index (κ1) is 16.4. The Morgan fingerprint density at radius 3 is 2.48 bits per heavy atom. The van der Waals surface area contributed by atoms with Crippen molar-refractivity contribution < 1.29 is 0 Å². The van der Waals surface area contributed by atoms with Gasteiger partial charge in [0, 0.05) is 24.3 Å². The Kier molecular flexibility index (Phi) is 6.10. The summed E-state index contributed by atoms with van der Waals surface area (Å²) in [5.74, 6) is 0.710. The lowest BCUT2D eigenvalue weighted by Gasteiger charge is -2.31. The Bertz CT molecular complexity index is 423. The van der Waals surface area contributed by atoms with E-state index >= 15 is 0 Å². The third-order valence-corrected chi connectivity index (χ3v) is 4.22. The van der Waals surface area contributed by atoms with Crippen LogP contribution in [0, 0.1) is 5.92 Å². The van der Waals surface area contributed by atoms with E-state index < -0.39 is 0 Å². The van der Waals surface area contributed by atoms with Gasteiger partial charge in [0.25, 0.3) is 0 Å². The maximum absolute atomic E-state index is 3.72. The molecule has 1 aromatic rings. The molecule has 1 N–H and O–H groups in total. The summed E-state index contributed by atoms with van der Waals surface area (Å²) < 4.78 is 0. The average molecular weight is 288 g/mol. The average Bonchev–Trinajstić information content (AvgIpc) is 3.30. The standard InChI is InChI=1S/C19H32N2/c1-5-13-20-18(6-2)17-9-7-8-10-19(17)21(14-15(3)4)16-11-12-16/h7-10,15-16,18,20H,5-6,11-14H2,1-4H3. The minimum Gasteiger partial charge on any atom is -0.368 e. The molecule has 118 valence electrons. The van der Waals surface area contributed by atoms with E-state index in [1.54, 1.807) is 0 Å². The zero-order chi connectivity index (χ0) is 15.2. The van der Waals surface area contributed by atoms with Crippen LogP contribution in [0.4, 0.5) is 5.69 Å². The number of anilines is 1. The molecular weight excluding hydrogens is 256 g/mol. The van der Waals surface area contributed by atoms with Crippen LogP contribution < -0.4 is 10.2 Å². The van der Waals surface area contributed by atoms with Crippen LogP contribution in [0.5, 0.6) is 0 Å². The highest BCUT2D eigenvalue weighted by molar-refractivity contribution is 5.56. The number of nitrogens with zero attached hydrogens (tertiary/aromatic N) is 1. The highest BCUT2D eigenvalue weighted by Gasteiger charge is 2.31. The SMILES string of the molecule is CCCNC(CC)c1ccccc1N(CC(C)C)C1CC1. The van der Waals surface area contributed by atoms with Gasteiger partial charge in [-0.1, -0.05) is 45.9 Å². The van der Waals surface area contributed by atoms with E-state index in [1.807, 2.05) is 0 Å². The fraction of sp³-hybridized carbons (Fsp3) is 0.684. The summed E-state index contributed by atoms with van der Waals surface area (Å²) in [4.78, 5) is 2.66. The molecule has 0 radical (unpaired) electrons. The fourth-order valence-corrected chi connectivity index (χ4v) is 3.06. The third kappa shape index (κ3) is 4.47. The Morgan fingerprint density at radius 1 is 1.19 bits per heavy atom. The lowest BCUT2D eigenvalue weighted by Crippen LogP contribution is -2.32. The van der Waals surface area contributed by atoms with Gasteiger partial charge in [0.1, 0.15) is 0 Å². The van der Waals surface area contributed by atoms with Gasteiger partial charge in [0.2, 0.25) is 0 Å². The lowest BCUT2D eigenvalue weighted by molar-refractivity contribution is 0.515. The molecule has 0 aromatic heterocycles. The molecular formula is C19H32N2. The molecule has 1 saturated carbocycles. The third-order valence-electron chi connectivity index (χ3n) is 4.22. The summed E-state index contributed by atoms with van der Waals surface area (Å²) >= 11 is 0. The molecule has 2 rings (SSSR count). The second-order valence-electron chi connectivity index (χ2n) is 6.75. The molecule has 0 heterocycles. The Hall–Kier alpha value is -1.02. The van der Waals surface area contributed by atoms with Crippen LogP contribution in [0.1, 0.15) is 65.0 Å². The summed E-state index contributed by atoms with van der Waals surface area (Å²) in [6, 6.07) is 10.3. The van der Waals surface area contributed by atoms with E-state index in [-0.39, 0.29) is 0 Å². The van der Waals surface area contributed by atoms with E-state index in [0.29, 0.717) is 12.0 Å². The number of rotatable bonds is 9.